The minimum absolute atomic E-state index is 0.131. The SMILES string of the molecule is CCOc1nc2cc(-n3c4ccc(CC)cc4c4ncnc(OCC)c43)ccc2o1.CCOc1nc2cc(-n3c4ccccc4c4ncnc(N)c43)ccc2o1.CCOc1nc2cc(Br)ccc2o1.CCOc1ncnc2c1[nH]c1ccc(CC)cc12.Cc1ccc2[nH]c3c(=O)[nH]cnc3c2c1.O=C=O.O=C=O.O=C=O. The number of carbonyl (C=O) groups excluding carboxylic acids is 6. The van der Waals surface area contributed by atoms with Gasteiger partial charge in [-0.05, 0) is 163 Å². The van der Waals surface area contributed by atoms with Crippen LogP contribution in [0.5, 0.6) is 30.0 Å². The van der Waals surface area contributed by atoms with E-state index in [-0.39, 0.29) is 36.2 Å². The number of hydrogen-bond acceptors (Lipinski definition) is 26. The second-order valence-electron chi connectivity index (χ2n) is 23.4. The maximum absolute atomic E-state index is 11.5. The molecule has 0 aliphatic carbocycles. The van der Waals surface area contributed by atoms with Gasteiger partial charge >= 0.3 is 36.7 Å². The van der Waals surface area contributed by atoms with Crippen molar-refractivity contribution in [2.24, 2.45) is 0 Å². The number of H-pyrrole nitrogens is 3. The molecule has 111 heavy (non-hydrogen) atoms. The fraction of sp³-hybridized carbons (Fsp3) is 0.190. The first-order valence-corrected chi connectivity index (χ1v) is 35.4. The summed E-state index contributed by atoms with van der Waals surface area (Å²) in [5, 5.41) is 4.22. The van der Waals surface area contributed by atoms with Gasteiger partial charge in [0, 0.05) is 48.4 Å². The van der Waals surface area contributed by atoms with Crippen LogP contribution in [0.25, 0.3) is 132 Å². The van der Waals surface area contributed by atoms with Gasteiger partial charge in [-0.25, -0.2) is 24.9 Å². The van der Waals surface area contributed by atoms with Gasteiger partial charge in [-0.3, -0.25) is 4.79 Å². The van der Waals surface area contributed by atoms with Crippen molar-refractivity contribution in [3.63, 3.8) is 0 Å². The number of nitrogens with one attached hydrogen (secondary N) is 3. The van der Waals surface area contributed by atoms with E-state index in [1.54, 1.807) is 12.7 Å². The molecule has 0 radical (unpaired) electrons. The molecule has 0 amide bonds. The lowest BCUT2D eigenvalue weighted by Crippen LogP contribution is -2.05. The molecule has 32 heteroatoms. The minimum atomic E-state index is -0.131. The van der Waals surface area contributed by atoms with Crippen molar-refractivity contribution >= 4 is 161 Å². The largest absolute Gasteiger partial charge is 0.476 e. The van der Waals surface area contributed by atoms with E-state index in [0.29, 0.717) is 78.9 Å². The number of rotatable bonds is 14. The predicted octanol–water partition coefficient (Wildman–Crippen LogP) is 14.8. The Bertz CT molecular complexity index is 6470. The Kier molecular flexibility index (Phi) is 25.5. The molecular formula is C79H69BrN16O15. The number of halogens is 1. The zero-order valence-corrected chi connectivity index (χ0v) is 62.5. The number of nitrogens with two attached hydrogens (primary N) is 1. The van der Waals surface area contributed by atoms with E-state index in [1.165, 1.54) is 23.8 Å². The number of aromatic amines is 3. The fourth-order valence-corrected chi connectivity index (χ4v) is 12.5. The number of para-hydroxylation sites is 1. The Morgan fingerprint density at radius 1 is 0.450 bits per heavy atom. The number of oxazole rings is 3. The smallest absolute Gasteiger partial charge is 0.394 e. The van der Waals surface area contributed by atoms with Gasteiger partial charge in [0.25, 0.3) is 5.56 Å². The van der Waals surface area contributed by atoms with Crippen molar-refractivity contribution in [3.8, 4) is 41.4 Å². The Hall–Kier alpha value is -14.3. The van der Waals surface area contributed by atoms with Gasteiger partial charge in [0.2, 0.25) is 11.8 Å². The van der Waals surface area contributed by atoms with Crippen LogP contribution in [0.15, 0.2) is 181 Å². The van der Waals surface area contributed by atoms with Crippen LogP contribution in [0.1, 0.15) is 65.2 Å². The quantitative estimate of drug-likeness (QED) is 0.0785. The third kappa shape index (κ3) is 17.1. The van der Waals surface area contributed by atoms with E-state index in [2.05, 4.69) is 140 Å². The number of aromatic nitrogens is 15. The topological polar surface area (TPSA) is 417 Å². The van der Waals surface area contributed by atoms with Crippen LogP contribution < -0.4 is 35.0 Å². The molecule has 31 nitrogen and oxygen atoms in total. The highest BCUT2D eigenvalue weighted by molar-refractivity contribution is 9.10. The van der Waals surface area contributed by atoms with Gasteiger partial charge in [0.15, 0.2) is 22.6 Å². The fourth-order valence-electron chi connectivity index (χ4n) is 12.2. The molecule has 5 N–H and O–H groups in total. The third-order valence-electron chi connectivity index (χ3n) is 16.7. The van der Waals surface area contributed by atoms with Crippen LogP contribution in [0, 0.1) is 6.92 Å². The average Bonchev–Trinajstić information content (AvgIpc) is 1.60. The normalized spacial score (nSPS) is 10.6. The molecular weight excluding hydrogens is 1490 g/mol. The summed E-state index contributed by atoms with van der Waals surface area (Å²) in [4.78, 5) is 113. The molecule has 0 saturated heterocycles. The van der Waals surface area contributed by atoms with Crippen molar-refractivity contribution in [2.45, 2.75) is 68.2 Å². The summed E-state index contributed by atoms with van der Waals surface area (Å²) in [7, 11) is 0. The van der Waals surface area contributed by atoms with Crippen molar-refractivity contribution < 1.29 is 65.7 Å². The highest BCUT2D eigenvalue weighted by Crippen LogP contribution is 2.39. The van der Waals surface area contributed by atoms with E-state index >= 15 is 0 Å². The van der Waals surface area contributed by atoms with Gasteiger partial charge in [-0.1, -0.05) is 71.7 Å². The average molecular weight is 1560 g/mol. The van der Waals surface area contributed by atoms with Gasteiger partial charge < -0.3 is 66.8 Å². The van der Waals surface area contributed by atoms with Crippen LogP contribution in [0.3, 0.4) is 0 Å². The second-order valence-corrected chi connectivity index (χ2v) is 24.3. The number of hydrogen-bond donors (Lipinski definition) is 4. The number of ether oxygens (including phenoxy) is 5. The number of aryl methyl sites for hydroxylation is 3. The molecule has 0 fully saturated rings. The van der Waals surface area contributed by atoms with Crippen molar-refractivity contribution in [3.05, 3.63) is 190 Å². The molecule has 562 valence electrons. The minimum Gasteiger partial charge on any atom is -0.476 e. The molecule has 0 atom stereocenters. The van der Waals surface area contributed by atoms with Crippen LogP contribution in [0.4, 0.5) is 5.82 Å². The lowest BCUT2D eigenvalue weighted by Gasteiger charge is -2.10. The van der Waals surface area contributed by atoms with E-state index in [4.69, 9.17) is 71.4 Å². The Balaban J connectivity index is 0.000000137. The van der Waals surface area contributed by atoms with Gasteiger partial charge in [0.1, 0.15) is 79.7 Å². The van der Waals surface area contributed by atoms with Crippen molar-refractivity contribution in [1.82, 2.24) is 73.9 Å². The molecule has 18 aromatic rings. The van der Waals surface area contributed by atoms with Crippen molar-refractivity contribution in [1.29, 1.82) is 0 Å². The number of nitrogens with zero attached hydrogens (tertiary/aromatic N) is 12. The van der Waals surface area contributed by atoms with E-state index in [0.717, 1.165) is 133 Å². The molecule has 7 aromatic carbocycles. The summed E-state index contributed by atoms with van der Waals surface area (Å²) in [5.74, 6) is 1.62. The highest BCUT2D eigenvalue weighted by Gasteiger charge is 2.22. The summed E-state index contributed by atoms with van der Waals surface area (Å²) < 4.78 is 49.0. The number of anilines is 1. The standard InChI is InChI=1S/C23H22N4O3.C19H15N5O2.C14H15N3O.C11H9N3O.C9H8BrNO2.3CO2/c1-4-14-7-9-18-16(11-14)20-21(22(28-5-2)25-13-24-20)27(18)15-8-10-19-17(12-15)26-23(30-19)29-6-3;1-2-25-19-23-13-9-11(7-8-15(13)26-19)24-14-6-4-3-5-12(14)16-17(24)18(20)22-10-21-16;1-3-9-5-6-11-10(7-9)12-13(17-11)14(18-4-2)16-8-15-12;1-6-2-3-8-7(4-6)9-10(14-8)11(15)13-5-12-9;1-2-12-9-11-7-5-6(10)3-4-8(7)13-9;3*2-1-3/h7-13H,4-6H2,1-3H3;3-10H,2H2,1H3,(H2,20,21,22);5-8,17H,3-4H2,1-2H3;2-5,14H,1H3,(H,12,13,15);3-5H,2H2,1H3;;;. The summed E-state index contributed by atoms with van der Waals surface area (Å²) in [6.45, 7) is 18.6. The second kappa shape index (κ2) is 36.3. The first-order chi connectivity index (χ1) is 54.1. The summed E-state index contributed by atoms with van der Waals surface area (Å²) in [6, 6.07) is 44.2. The summed E-state index contributed by atoms with van der Waals surface area (Å²) >= 11 is 3.36. The monoisotopic (exact) mass is 1560 g/mol. The van der Waals surface area contributed by atoms with Gasteiger partial charge in [0.05, 0.1) is 50.4 Å². The molecule has 18 rings (SSSR count). The Morgan fingerprint density at radius 2 is 0.910 bits per heavy atom. The molecule has 0 unspecified atom stereocenters. The third-order valence-corrected chi connectivity index (χ3v) is 17.2. The first kappa shape index (κ1) is 77.8. The Morgan fingerprint density at radius 3 is 1.50 bits per heavy atom. The van der Waals surface area contributed by atoms with E-state index in [9.17, 15) is 4.79 Å². The van der Waals surface area contributed by atoms with Crippen LogP contribution >= 0.6 is 15.9 Å². The molecule has 0 saturated carbocycles. The summed E-state index contributed by atoms with van der Waals surface area (Å²) in [5.41, 5.74) is 26.4. The highest BCUT2D eigenvalue weighted by atomic mass is 79.9. The summed E-state index contributed by atoms with van der Waals surface area (Å²) in [6.07, 6.45) is 9.63. The predicted molar refractivity (Wildman–Crippen MR) is 414 cm³/mol. The maximum atomic E-state index is 11.5. The van der Waals surface area contributed by atoms with Gasteiger partial charge in [-0.2, -0.15) is 53.7 Å². The Labute approximate surface area is 636 Å². The van der Waals surface area contributed by atoms with E-state index < -0.39 is 0 Å². The molecule has 0 bridgehead atoms. The molecule has 11 aromatic heterocycles. The molecule has 0 aliphatic heterocycles. The lowest BCUT2D eigenvalue weighted by molar-refractivity contribution is -0.193. The van der Waals surface area contributed by atoms with E-state index in [1.807, 2.05) is 139 Å². The number of benzene rings is 7. The zero-order valence-electron chi connectivity index (χ0n) is 60.9. The molecule has 0 spiro atoms. The van der Waals surface area contributed by atoms with Crippen LogP contribution in [-0.2, 0) is 41.6 Å². The van der Waals surface area contributed by atoms with Crippen molar-refractivity contribution in [2.75, 3.05) is 38.8 Å². The molecule has 0 aliphatic rings. The number of nitrogen functional groups attached to an aromatic ring is 1. The van der Waals surface area contributed by atoms with Crippen LogP contribution in [0.2, 0.25) is 0 Å². The first-order valence-electron chi connectivity index (χ1n) is 34.6. The van der Waals surface area contributed by atoms with Gasteiger partial charge in [-0.15, -0.1) is 0 Å². The maximum Gasteiger partial charge on any atom is 0.394 e. The molecule has 11 heterocycles. The van der Waals surface area contributed by atoms with Crippen LogP contribution in [-0.4, -0.2) is 125 Å². The lowest BCUT2D eigenvalue weighted by atomic mass is 10.1. The number of fused-ring (bicyclic) bond motifs is 15. The zero-order chi connectivity index (χ0) is 78.7.